The average Bonchev–Trinajstić information content (AvgIpc) is 2.97. The van der Waals surface area contributed by atoms with Gasteiger partial charge in [0, 0.05) is 23.2 Å². The second-order valence-corrected chi connectivity index (χ2v) is 4.89. The molecule has 0 N–H and O–H groups in total. The maximum Gasteiger partial charge on any atom is 0.230 e. The first-order valence-corrected chi connectivity index (χ1v) is 6.69. The zero-order valence-electron chi connectivity index (χ0n) is 11.1. The number of fused-ring (bicyclic) bond motifs is 2. The van der Waals surface area contributed by atoms with E-state index in [1.54, 1.807) is 18.5 Å². The third-order valence-corrected chi connectivity index (χ3v) is 3.56. The highest BCUT2D eigenvalue weighted by atomic mass is 16.3. The van der Waals surface area contributed by atoms with E-state index in [9.17, 15) is 4.79 Å². The standard InChI is InChI=1S/C18H11NO2/c20-18(17-9-12-5-2-4-8-16(12)21-17)15-11-19-10-13-6-1-3-7-14(13)15/h1-11H. The smallest absolute Gasteiger partial charge is 0.230 e. The Hall–Kier alpha value is -2.94. The molecule has 0 atom stereocenters. The van der Waals surface area contributed by atoms with Crippen LogP contribution in [0.2, 0.25) is 0 Å². The van der Waals surface area contributed by atoms with E-state index in [0.717, 1.165) is 16.2 Å². The van der Waals surface area contributed by atoms with Crippen LogP contribution in [0.5, 0.6) is 0 Å². The largest absolute Gasteiger partial charge is 0.453 e. The van der Waals surface area contributed by atoms with Crippen LogP contribution in [0.15, 0.2) is 71.4 Å². The van der Waals surface area contributed by atoms with Crippen molar-refractivity contribution in [3.8, 4) is 0 Å². The molecule has 4 rings (SSSR count). The Morgan fingerprint density at radius 3 is 2.52 bits per heavy atom. The van der Waals surface area contributed by atoms with Crippen molar-refractivity contribution in [1.82, 2.24) is 4.98 Å². The number of pyridine rings is 1. The fraction of sp³-hybridized carbons (Fsp3) is 0. The maximum atomic E-state index is 12.7. The van der Waals surface area contributed by atoms with Crippen molar-refractivity contribution in [2.45, 2.75) is 0 Å². The average molecular weight is 273 g/mol. The van der Waals surface area contributed by atoms with Gasteiger partial charge in [-0.25, -0.2) is 0 Å². The van der Waals surface area contributed by atoms with Crippen LogP contribution in [0.4, 0.5) is 0 Å². The summed E-state index contributed by atoms with van der Waals surface area (Å²) < 4.78 is 5.66. The summed E-state index contributed by atoms with van der Waals surface area (Å²) in [5.74, 6) is 0.199. The summed E-state index contributed by atoms with van der Waals surface area (Å²) in [4.78, 5) is 16.8. The number of para-hydroxylation sites is 1. The van der Waals surface area contributed by atoms with E-state index < -0.39 is 0 Å². The Labute approximate surface area is 120 Å². The lowest BCUT2D eigenvalue weighted by atomic mass is 10.0. The van der Waals surface area contributed by atoms with Crippen molar-refractivity contribution in [2.75, 3.05) is 0 Å². The highest BCUT2D eigenvalue weighted by molar-refractivity contribution is 6.15. The third-order valence-electron chi connectivity index (χ3n) is 3.56. The Morgan fingerprint density at radius 1 is 0.905 bits per heavy atom. The SMILES string of the molecule is O=C(c1cc2ccccc2o1)c1cncc2ccccc12. The van der Waals surface area contributed by atoms with Crippen molar-refractivity contribution >= 4 is 27.5 Å². The number of benzene rings is 2. The lowest BCUT2D eigenvalue weighted by Crippen LogP contribution is -2.01. The normalized spacial score (nSPS) is 11.0. The zero-order chi connectivity index (χ0) is 14.2. The first-order chi connectivity index (χ1) is 10.3. The van der Waals surface area contributed by atoms with Gasteiger partial charge >= 0.3 is 0 Å². The van der Waals surface area contributed by atoms with Gasteiger partial charge in [0.1, 0.15) is 5.58 Å². The van der Waals surface area contributed by atoms with E-state index in [-0.39, 0.29) is 5.78 Å². The monoisotopic (exact) mass is 273 g/mol. The Kier molecular flexibility index (Phi) is 2.57. The molecule has 0 saturated carbocycles. The number of ketones is 1. The number of nitrogens with zero attached hydrogens (tertiary/aromatic N) is 1. The summed E-state index contributed by atoms with van der Waals surface area (Å²) in [6, 6.07) is 17.1. The first kappa shape index (κ1) is 11.9. The number of carbonyl (C=O) groups excluding carboxylic acids is 1. The van der Waals surface area contributed by atoms with Gasteiger partial charge in [-0.05, 0) is 17.5 Å². The fourth-order valence-electron chi connectivity index (χ4n) is 2.52. The van der Waals surface area contributed by atoms with Crippen molar-refractivity contribution in [3.05, 3.63) is 78.3 Å². The molecule has 0 fully saturated rings. The van der Waals surface area contributed by atoms with Crippen LogP contribution >= 0.6 is 0 Å². The molecular weight excluding hydrogens is 262 g/mol. The Bertz CT molecular complexity index is 931. The summed E-state index contributed by atoms with van der Waals surface area (Å²) in [5, 5.41) is 2.76. The van der Waals surface area contributed by atoms with Crippen molar-refractivity contribution in [2.24, 2.45) is 0 Å². The first-order valence-electron chi connectivity index (χ1n) is 6.69. The predicted octanol–water partition coefficient (Wildman–Crippen LogP) is 4.21. The van der Waals surface area contributed by atoms with Crippen LogP contribution in [0, 0.1) is 0 Å². The number of hydrogen-bond donors (Lipinski definition) is 0. The lowest BCUT2D eigenvalue weighted by molar-refractivity contribution is 0.101. The van der Waals surface area contributed by atoms with Crippen molar-refractivity contribution in [3.63, 3.8) is 0 Å². The fourth-order valence-corrected chi connectivity index (χ4v) is 2.52. The second-order valence-electron chi connectivity index (χ2n) is 4.89. The highest BCUT2D eigenvalue weighted by Crippen LogP contribution is 2.24. The number of hydrogen-bond acceptors (Lipinski definition) is 3. The molecule has 4 aromatic rings. The van der Waals surface area contributed by atoms with E-state index >= 15 is 0 Å². The number of rotatable bonds is 2. The lowest BCUT2D eigenvalue weighted by Gasteiger charge is -2.02. The molecule has 0 unspecified atom stereocenters. The van der Waals surface area contributed by atoms with Gasteiger partial charge in [0.2, 0.25) is 5.78 Å². The molecule has 21 heavy (non-hydrogen) atoms. The number of carbonyl (C=O) groups is 1. The van der Waals surface area contributed by atoms with Crippen LogP contribution in [0.25, 0.3) is 21.7 Å². The number of furan rings is 1. The minimum Gasteiger partial charge on any atom is -0.453 e. The molecule has 2 heterocycles. The molecular formula is C18H11NO2. The zero-order valence-corrected chi connectivity index (χ0v) is 11.1. The highest BCUT2D eigenvalue weighted by Gasteiger charge is 2.17. The minimum absolute atomic E-state index is 0.143. The summed E-state index contributed by atoms with van der Waals surface area (Å²) in [6.07, 6.45) is 3.35. The molecule has 3 heteroatoms. The van der Waals surface area contributed by atoms with Crippen molar-refractivity contribution in [1.29, 1.82) is 0 Å². The van der Waals surface area contributed by atoms with E-state index in [2.05, 4.69) is 4.98 Å². The van der Waals surface area contributed by atoms with Gasteiger partial charge in [0.25, 0.3) is 0 Å². The van der Waals surface area contributed by atoms with Crippen LogP contribution in [0.1, 0.15) is 16.1 Å². The van der Waals surface area contributed by atoms with Gasteiger partial charge in [-0.1, -0.05) is 42.5 Å². The van der Waals surface area contributed by atoms with Gasteiger partial charge in [-0.3, -0.25) is 9.78 Å². The molecule has 0 aliphatic rings. The molecule has 0 spiro atoms. The number of aromatic nitrogens is 1. The van der Waals surface area contributed by atoms with Gasteiger partial charge in [-0.2, -0.15) is 0 Å². The molecule has 0 bridgehead atoms. The van der Waals surface area contributed by atoms with Gasteiger partial charge < -0.3 is 4.42 Å². The molecule has 2 aromatic heterocycles. The Morgan fingerprint density at radius 2 is 1.67 bits per heavy atom. The molecule has 2 aromatic carbocycles. The molecule has 0 radical (unpaired) electrons. The maximum absolute atomic E-state index is 12.7. The van der Waals surface area contributed by atoms with Crippen LogP contribution < -0.4 is 0 Å². The van der Waals surface area contributed by atoms with Crippen LogP contribution in [-0.2, 0) is 0 Å². The van der Waals surface area contributed by atoms with E-state index in [1.807, 2.05) is 48.5 Å². The molecule has 3 nitrogen and oxygen atoms in total. The summed E-state index contributed by atoms with van der Waals surface area (Å²) in [7, 11) is 0. The Balaban J connectivity index is 1.90. The molecule has 100 valence electrons. The quantitative estimate of drug-likeness (QED) is 0.514. The van der Waals surface area contributed by atoms with Gasteiger partial charge in [-0.15, -0.1) is 0 Å². The summed E-state index contributed by atoms with van der Waals surface area (Å²) in [5.41, 5.74) is 1.28. The van der Waals surface area contributed by atoms with Crippen LogP contribution in [-0.4, -0.2) is 10.8 Å². The molecule has 0 saturated heterocycles. The van der Waals surface area contributed by atoms with Crippen molar-refractivity contribution < 1.29 is 9.21 Å². The summed E-state index contributed by atoms with van der Waals surface area (Å²) in [6.45, 7) is 0. The predicted molar refractivity (Wildman–Crippen MR) is 81.4 cm³/mol. The van der Waals surface area contributed by atoms with Crippen LogP contribution in [0.3, 0.4) is 0 Å². The molecule has 0 aliphatic heterocycles. The topological polar surface area (TPSA) is 43.1 Å². The molecule has 0 aliphatic carbocycles. The van der Waals surface area contributed by atoms with E-state index in [1.165, 1.54) is 0 Å². The van der Waals surface area contributed by atoms with E-state index in [4.69, 9.17) is 4.42 Å². The minimum atomic E-state index is -0.143. The second kappa shape index (κ2) is 4.56. The molecule has 0 amide bonds. The van der Waals surface area contributed by atoms with Gasteiger partial charge in [0.05, 0.1) is 5.56 Å². The van der Waals surface area contributed by atoms with Gasteiger partial charge in [0.15, 0.2) is 5.76 Å². The van der Waals surface area contributed by atoms with E-state index in [0.29, 0.717) is 16.9 Å². The third kappa shape index (κ3) is 1.91. The summed E-state index contributed by atoms with van der Waals surface area (Å²) >= 11 is 0.